The van der Waals surface area contributed by atoms with Crippen LogP contribution in [-0.2, 0) is 22.6 Å². The number of rotatable bonds is 12. The number of benzene rings is 3. The number of amides is 2. The zero-order chi connectivity index (χ0) is 25.9. The van der Waals surface area contributed by atoms with Crippen LogP contribution in [0.15, 0.2) is 72.8 Å². The maximum Gasteiger partial charge on any atom is 0.261 e. The van der Waals surface area contributed by atoms with E-state index in [1.54, 1.807) is 35.2 Å². The van der Waals surface area contributed by atoms with Crippen molar-refractivity contribution in [3.63, 3.8) is 0 Å². The van der Waals surface area contributed by atoms with E-state index in [1.807, 2.05) is 42.5 Å². The molecule has 36 heavy (non-hydrogen) atoms. The molecule has 5 nitrogen and oxygen atoms in total. The number of hydrogen-bond acceptors (Lipinski definition) is 3. The van der Waals surface area contributed by atoms with Crippen molar-refractivity contribution >= 4 is 46.6 Å². The van der Waals surface area contributed by atoms with Crippen LogP contribution in [-0.4, -0.2) is 35.9 Å². The average molecular weight is 548 g/mol. The van der Waals surface area contributed by atoms with Gasteiger partial charge in [0.15, 0.2) is 6.61 Å². The predicted octanol–water partition coefficient (Wildman–Crippen LogP) is 6.58. The summed E-state index contributed by atoms with van der Waals surface area (Å²) >= 11 is 18.4. The average Bonchev–Trinajstić information content (AvgIpc) is 2.86. The van der Waals surface area contributed by atoms with E-state index < -0.39 is 6.04 Å². The standard InChI is InChI=1S/C28H29Cl3N2O3/c1-2-3-14-32-28(35)25(16-20-8-5-4-6-9-20)33(18-21-10-7-11-22(29)15-21)27(34)19-36-26-13-12-23(30)17-24(26)31/h4-13,15,17,25H,2-3,14,16,18-19H2,1H3,(H,32,35)/t25-/m1/s1. The quantitative estimate of drug-likeness (QED) is 0.261. The highest BCUT2D eigenvalue weighted by Crippen LogP contribution is 2.27. The van der Waals surface area contributed by atoms with Gasteiger partial charge in [-0.15, -0.1) is 0 Å². The van der Waals surface area contributed by atoms with Crippen LogP contribution in [0.25, 0.3) is 0 Å². The normalized spacial score (nSPS) is 11.6. The van der Waals surface area contributed by atoms with E-state index in [9.17, 15) is 9.59 Å². The first kappa shape index (κ1) is 27.9. The topological polar surface area (TPSA) is 58.6 Å². The Morgan fingerprint density at radius 3 is 2.33 bits per heavy atom. The van der Waals surface area contributed by atoms with E-state index in [1.165, 1.54) is 0 Å². The van der Waals surface area contributed by atoms with Gasteiger partial charge in [-0.1, -0.05) is 90.6 Å². The third kappa shape index (κ3) is 8.44. The second kappa shape index (κ2) is 14.1. The molecule has 1 N–H and O–H groups in total. The molecule has 3 rings (SSSR count). The minimum absolute atomic E-state index is 0.190. The minimum atomic E-state index is -0.750. The zero-order valence-electron chi connectivity index (χ0n) is 20.1. The summed E-state index contributed by atoms with van der Waals surface area (Å²) in [7, 11) is 0. The highest BCUT2D eigenvalue weighted by Gasteiger charge is 2.30. The van der Waals surface area contributed by atoms with Crippen molar-refractivity contribution in [2.45, 2.75) is 38.8 Å². The lowest BCUT2D eigenvalue weighted by Gasteiger charge is -2.31. The van der Waals surface area contributed by atoms with Gasteiger partial charge in [-0.3, -0.25) is 9.59 Å². The van der Waals surface area contributed by atoms with Crippen molar-refractivity contribution in [3.05, 3.63) is 99.0 Å². The number of halogens is 3. The van der Waals surface area contributed by atoms with E-state index in [2.05, 4.69) is 12.2 Å². The smallest absolute Gasteiger partial charge is 0.261 e. The van der Waals surface area contributed by atoms with Gasteiger partial charge in [0.2, 0.25) is 5.91 Å². The summed E-state index contributed by atoms with van der Waals surface area (Å²) in [5, 5.41) is 4.31. The van der Waals surface area contributed by atoms with Crippen LogP contribution in [0.5, 0.6) is 5.75 Å². The third-order valence-corrected chi connectivity index (χ3v) is 6.35. The fraction of sp³-hybridized carbons (Fsp3) is 0.286. The highest BCUT2D eigenvalue weighted by atomic mass is 35.5. The first-order valence-corrected chi connectivity index (χ1v) is 12.9. The second-order valence-corrected chi connectivity index (χ2v) is 9.65. The van der Waals surface area contributed by atoms with Crippen LogP contribution in [0, 0.1) is 0 Å². The molecular weight excluding hydrogens is 519 g/mol. The van der Waals surface area contributed by atoms with Crippen molar-refractivity contribution < 1.29 is 14.3 Å². The molecule has 0 saturated carbocycles. The Labute approximate surface area is 227 Å². The summed E-state index contributed by atoms with van der Waals surface area (Å²) in [6.07, 6.45) is 2.15. The van der Waals surface area contributed by atoms with E-state index in [4.69, 9.17) is 39.5 Å². The summed E-state index contributed by atoms with van der Waals surface area (Å²) in [6.45, 7) is 2.49. The molecule has 190 valence electrons. The SMILES string of the molecule is CCCCNC(=O)[C@@H](Cc1ccccc1)N(Cc1cccc(Cl)c1)C(=O)COc1ccc(Cl)cc1Cl. The van der Waals surface area contributed by atoms with Gasteiger partial charge in [-0.25, -0.2) is 0 Å². The fourth-order valence-corrected chi connectivity index (χ4v) is 4.38. The number of hydrogen-bond donors (Lipinski definition) is 1. The number of nitrogens with zero attached hydrogens (tertiary/aromatic N) is 1. The Hall–Kier alpha value is -2.73. The predicted molar refractivity (Wildman–Crippen MR) is 146 cm³/mol. The molecule has 3 aromatic rings. The van der Waals surface area contributed by atoms with Crippen LogP contribution < -0.4 is 10.1 Å². The molecular formula is C28H29Cl3N2O3. The number of carbonyl (C=O) groups excluding carboxylic acids is 2. The Balaban J connectivity index is 1.89. The monoisotopic (exact) mass is 546 g/mol. The number of unbranched alkanes of at least 4 members (excludes halogenated alkanes) is 1. The molecule has 0 aliphatic carbocycles. The number of carbonyl (C=O) groups is 2. The van der Waals surface area contributed by atoms with Gasteiger partial charge in [-0.2, -0.15) is 0 Å². The van der Waals surface area contributed by atoms with E-state index >= 15 is 0 Å². The number of ether oxygens (including phenoxy) is 1. The van der Waals surface area contributed by atoms with Gasteiger partial charge < -0.3 is 15.0 Å². The minimum Gasteiger partial charge on any atom is -0.482 e. The first-order valence-electron chi connectivity index (χ1n) is 11.8. The van der Waals surface area contributed by atoms with Gasteiger partial charge in [-0.05, 0) is 47.9 Å². The third-order valence-electron chi connectivity index (χ3n) is 5.59. The van der Waals surface area contributed by atoms with Crippen molar-refractivity contribution in [1.29, 1.82) is 0 Å². The fourth-order valence-electron chi connectivity index (χ4n) is 3.71. The largest absolute Gasteiger partial charge is 0.482 e. The molecule has 0 unspecified atom stereocenters. The van der Waals surface area contributed by atoms with E-state index in [0.717, 1.165) is 24.0 Å². The summed E-state index contributed by atoms with van der Waals surface area (Å²) < 4.78 is 5.74. The van der Waals surface area contributed by atoms with E-state index in [0.29, 0.717) is 33.8 Å². The molecule has 8 heteroatoms. The Morgan fingerprint density at radius 2 is 1.64 bits per heavy atom. The lowest BCUT2D eigenvalue weighted by atomic mass is 10.0. The Bertz CT molecular complexity index is 1160. The maximum absolute atomic E-state index is 13.6. The molecule has 0 aliphatic rings. The molecule has 0 saturated heterocycles. The molecule has 0 aromatic heterocycles. The first-order chi connectivity index (χ1) is 17.4. The lowest BCUT2D eigenvalue weighted by Crippen LogP contribution is -2.51. The highest BCUT2D eigenvalue weighted by molar-refractivity contribution is 6.35. The van der Waals surface area contributed by atoms with Crippen LogP contribution in [0.4, 0.5) is 0 Å². The second-order valence-electron chi connectivity index (χ2n) is 8.37. The van der Waals surface area contributed by atoms with Crippen LogP contribution in [0.1, 0.15) is 30.9 Å². The molecule has 0 heterocycles. The summed E-state index contributed by atoms with van der Waals surface area (Å²) in [5.41, 5.74) is 1.75. The van der Waals surface area contributed by atoms with Crippen molar-refractivity contribution in [2.24, 2.45) is 0 Å². The summed E-state index contributed by atoms with van der Waals surface area (Å²) in [6, 6.07) is 20.9. The van der Waals surface area contributed by atoms with E-state index in [-0.39, 0.29) is 25.0 Å². The van der Waals surface area contributed by atoms with Crippen molar-refractivity contribution in [1.82, 2.24) is 10.2 Å². The summed E-state index contributed by atoms with van der Waals surface area (Å²) in [5.74, 6) is -0.232. The molecule has 0 radical (unpaired) electrons. The maximum atomic E-state index is 13.6. The van der Waals surface area contributed by atoms with Gasteiger partial charge in [0.25, 0.3) is 5.91 Å². The van der Waals surface area contributed by atoms with Crippen LogP contribution >= 0.6 is 34.8 Å². The zero-order valence-corrected chi connectivity index (χ0v) is 22.3. The molecule has 0 bridgehead atoms. The number of nitrogens with one attached hydrogen (secondary N) is 1. The molecule has 0 aliphatic heterocycles. The Kier molecular flexibility index (Phi) is 10.9. The Morgan fingerprint density at radius 1 is 0.917 bits per heavy atom. The van der Waals surface area contributed by atoms with Crippen LogP contribution in [0.2, 0.25) is 15.1 Å². The molecule has 2 amide bonds. The van der Waals surface area contributed by atoms with Gasteiger partial charge in [0.05, 0.1) is 5.02 Å². The molecule has 0 fully saturated rings. The van der Waals surface area contributed by atoms with Gasteiger partial charge in [0.1, 0.15) is 11.8 Å². The van der Waals surface area contributed by atoms with Crippen molar-refractivity contribution in [3.8, 4) is 5.75 Å². The summed E-state index contributed by atoms with van der Waals surface area (Å²) in [4.78, 5) is 28.5. The van der Waals surface area contributed by atoms with Gasteiger partial charge in [0, 0.05) is 29.6 Å². The molecule has 3 aromatic carbocycles. The molecule has 0 spiro atoms. The van der Waals surface area contributed by atoms with Crippen molar-refractivity contribution in [2.75, 3.05) is 13.2 Å². The van der Waals surface area contributed by atoms with Crippen LogP contribution in [0.3, 0.4) is 0 Å². The molecule has 1 atom stereocenters. The van der Waals surface area contributed by atoms with Gasteiger partial charge >= 0.3 is 0 Å². The lowest BCUT2D eigenvalue weighted by molar-refractivity contribution is -0.142.